The molecule has 0 saturated heterocycles. The van der Waals surface area contributed by atoms with Crippen LogP contribution in [0.15, 0.2) is 17.2 Å². The van der Waals surface area contributed by atoms with Crippen molar-refractivity contribution < 1.29 is 17.9 Å². The third kappa shape index (κ3) is 3.70. The lowest BCUT2D eigenvalue weighted by Gasteiger charge is -2.29. The highest BCUT2D eigenvalue weighted by Crippen LogP contribution is 2.30. The van der Waals surface area contributed by atoms with Crippen LogP contribution in [0, 0.1) is 0 Å². The van der Waals surface area contributed by atoms with E-state index < -0.39 is 16.0 Å². The number of H-pyrrole nitrogens is 1. The lowest BCUT2D eigenvalue weighted by atomic mass is 10.1. The van der Waals surface area contributed by atoms with E-state index in [9.17, 15) is 13.2 Å². The van der Waals surface area contributed by atoms with Crippen LogP contribution >= 0.6 is 11.3 Å². The number of rotatable bonds is 5. The predicted molar refractivity (Wildman–Crippen MR) is 94.3 cm³/mol. The summed E-state index contributed by atoms with van der Waals surface area (Å²) < 4.78 is 32.0. The summed E-state index contributed by atoms with van der Waals surface area (Å²) in [6.45, 7) is 5.98. The van der Waals surface area contributed by atoms with E-state index >= 15 is 0 Å². The third-order valence-corrected chi connectivity index (χ3v) is 6.53. The van der Waals surface area contributed by atoms with Gasteiger partial charge >= 0.3 is 5.97 Å². The van der Waals surface area contributed by atoms with Gasteiger partial charge in [0.1, 0.15) is 10.6 Å². The molecule has 136 valence electrons. The van der Waals surface area contributed by atoms with Crippen LogP contribution in [0.4, 0.5) is 5.13 Å². The number of carbonyl (C=O) groups excluding carboxylic acids is 1. The van der Waals surface area contributed by atoms with Crippen LogP contribution in [-0.2, 0) is 27.7 Å². The summed E-state index contributed by atoms with van der Waals surface area (Å²) in [5.74, 6) is -0.625. The van der Waals surface area contributed by atoms with Gasteiger partial charge in [-0.3, -0.25) is 9.62 Å². The Kier molecular flexibility index (Phi) is 4.85. The highest BCUT2D eigenvalue weighted by atomic mass is 32.2. The van der Waals surface area contributed by atoms with Gasteiger partial charge in [-0.1, -0.05) is 11.3 Å². The first-order valence-corrected chi connectivity index (χ1v) is 10.1. The van der Waals surface area contributed by atoms with E-state index in [1.165, 1.54) is 30.7 Å². The Balaban J connectivity index is 1.78. The summed E-state index contributed by atoms with van der Waals surface area (Å²) in [7, 11) is -2.59. The molecule has 2 aromatic rings. The molecule has 0 bridgehead atoms. The van der Waals surface area contributed by atoms with Crippen LogP contribution in [0.2, 0.25) is 0 Å². The Hall–Kier alpha value is -1.91. The molecule has 0 fully saturated rings. The number of fused-ring (bicyclic) bond motifs is 1. The van der Waals surface area contributed by atoms with E-state index in [0.717, 1.165) is 30.1 Å². The number of nitrogens with zero attached hydrogens (tertiary/aromatic N) is 2. The highest BCUT2D eigenvalue weighted by Gasteiger charge is 2.25. The summed E-state index contributed by atoms with van der Waals surface area (Å²) in [6.07, 6.45) is 2.06. The molecule has 0 unspecified atom stereocenters. The summed E-state index contributed by atoms with van der Waals surface area (Å²) >= 11 is 1.35. The van der Waals surface area contributed by atoms with E-state index in [1.807, 2.05) is 0 Å². The van der Waals surface area contributed by atoms with E-state index in [2.05, 4.69) is 38.2 Å². The van der Waals surface area contributed by atoms with Crippen molar-refractivity contribution >= 4 is 32.5 Å². The molecule has 0 amide bonds. The van der Waals surface area contributed by atoms with E-state index in [1.54, 1.807) is 0 Å². The number of anilines is 1. The molecule has 3 heterocycles. The standard InChI is InChI=1S/C15H20N4O4S2/c1-9(2)19-5-4-11-13(8-19)24-15(17-11)18-25(21,22)10-6-12(16-7-10)14(20)23-3/h6-7,9,16H,4-5,8H2,1-3H3,(H,17,18). The van der Waals surface area contributed by atoms with Crippen LogP contribution in [0.1, 0.15) is 34.9 Å². The van der Waals surface area contributed by atoms with Gasteiger partial charge in [0.15, 0.2) is 5.13 Å². The van der Waals surface area contributed by atoms with Gasteiger partial charge in [0.2, 0.25) is 0 Å². The number of hydrogen-bond donors (Lipinski definition) is 2. The second kappa shape index (κ2) is 6.77. The minimum atomic E-state index is -3.82. The zero-order valence-corrected chi connectivity index (χ0v) is 15.8. The van der Waals surface area contributed by atoms with Gasteiger partial charge in [0, 0.05) is 36.6 Å². The number of aromatic amines is 1. The normalized spacial score (nSPS) is 15.2. The zero-order chi connectivity index (χ0) is 18.2. The lowest BCUT2D eigenvalue weighted by Crippen LogP contribution is -2.35. The SMILES string of the molecule is COC(=O)c1cc(S(=O)(=O)Nc2nc3c(s2)CN(C(C)C)CC3)c[nH]1. The van der Waals surface area contributed by atoms with Gasteiger partial charge in [0.05, 0.1) is 12.8 Å². The van der Waals surface area contributed by atoms with Crippen molar-refractivity contribution in [2.24, 2.45) is 0 Å². The second-order valence-electron chi connectivity index (χ2n) is 6.05. The number of hydrogen-bond acceptors (Lipinski definition) is 7. The molecule has 1 aliphatic heterocycles. The smallest absolute Gasteiger partial charge is 0.354 e. The molecular formula is C15H20N4O4S2. The summed E-state index contributed by atoms with van der Waals surface area (Å²) in [5.41, 5.74) is 1.03. The van der Waals surface area contributed by atoms with Crippen molar-refractivity contribution in [1.29, 1.82) is 0 Å². The van der Waals surface area contributed by atoms with Crippen LogP contribution in [0.5, 0.6) is 0 Å². The van der Waals surface area contributed by atoms with Crippen LogP contribution in [0.3, 0.4) is 0 Å². The number of ether oxygens (including phenoxy) is 1. The van der Waals surface area contributed by atoms with Crippen molar-refractivity contribution in [1.82, 2.24) is 14.9 Å². The monoisotopic (exact) mass is 384 g/mol. The van der Waals surface area contributed by atoms with Crippen LogP contribution < -0.4 is 4.72 Å². The molecule has 0 radical (unpaired) electrons. The highest BCUT2D eigenvalue weighted by molar-refractivity contribution is 7.93. The van der Waals surface area contributed by atoms with Gasteiger partial charge in [0.25, 0.3) is 10.0 Å². The molecule has 10 heteroatoms. The van der Waals surface area contributed by atoms with E-state index in [-0.39, 0.29) is 10.6 Å². The Morgan fingerprint density at radius 3 is 2.92 bits per heavy atom. The van der Waals surface area contributed by atoms with Crippen molar-refractivity contribution in [2.45, 2.75) is 37.8 Å². The first kappa shape index (κ1) is 17.9. The fourth-order valence-corrected chi connectivity index (χ4v) is 4.89. The van der Waals surface area contributed by atoms with Crippen LogP contribution in [0.25, 0.3) is 0 Å². The average molecular weight is 384 g/mol. The number of aromatic nitrogens is 2. The summed E-state index contributed by atoms with van der Waals surface area (Å²) in [4.78, 5) is 21.8. The Labute approximate surface area is 150 Å². The number of methoxy groups -OCH3 is 1. The molecule has 3 rings (SSSR count). The third-order valence-electron chi connectivity index (χ3n) is 4.08. The van der Waals surface area contributed by atoms with Gasteiger partial charge in [-0.2, -0.15) is 0 Å². The Bertz CT molecular complexity index is 885. The predicted octanol–water partition coefficient (Wildman–Crippen LogP) is 1.83. The molecule has 2 N–H and O–H groups in total. The second-order valence-corrected chi connectivity index (χ2v) is 8.82. The molecule has 25 heavy (non-hydrogen) atoms. The van der Waals surface area contributed by atoms with Crippen molar-refractivity contribution in [3.05, 3.63) is 28.5 Å². The Morgan fingerprint density at radius 2 is 2.24 bits per heavy atom. The zero-order valence-electron chi connectivity index (χ0n) is 14.2. The van der Waals surface area contributed by atoms with Gasteiger partial charge < -0.3 is 9.72 Å². The molecule has 0 atom stereocenters. The van der Waals surface area contributed by atoms with Gasteiger partial charge in [-0.15, -0.1) is 0 Å². The Morgan fingerprint density at radius 1 is 1.48 bits per heavy atom. The molecule has 2 aromatic heterocycles. The van der Waals surface area contributed by atoms with Crippen LogP contribution in [-0.4, -0.2) is 49.0 Å². The van der Waals surface area contributed by atoms with Crippen molar-refractivity contribution in [3.63, 3.8) is 0 Å². The molecule has 0 saturated carbocycles. The van der Waals surface area contributed by atoms with Gasteiger partial charge in [-0.05, 0) is 19.9 Å². The van der Waals surface area contributed by atoms with Crippen molar-refractivity contribution in [3.8, 4) is 0 Å². The van der Waals surface area contributed by atoms with Gasteiger partial charge in [-0.25, -0.2) is 18.2 Å². The fraction of sp³-hybridized carbons (Fsp3) is 0.467. The van der Waals surface area contributed by atoms with Crippen molar-refractivity contribution in [2.75, 3.05) is 18.4 Å². The minimum absolute atomic E-state index is 0.0371. The number of thiazole rings is 1. The summed E-state index contributed by atoms with van der Waals surface area (Å²) in [6, 6.07) is 1.68. The molecule has 0 spiro atoms. The first-order valence-electron chi connectivity index (χ1n) is 7.82. The largest absolute Gasteiger partial charge is 0.464 e. The average Bonchev–Trinajstić information content (AvgIpc) is 3.19. The number of sulfonamides is 1. The van der Waals surface area contributed by atoms with E-state index in [0.29, 0.717) is 11.2 Å². The maximum atomic E-state index is 12.5. The molecule has 0 aliphatic carbocycles. The maximum Gasteiger partial charge on any atom is 0.354 e. The number of nitrogens with one attached hydrogen (secondary N) is 2. The fourth-order valence-electron chi connectivity index (χ4n) is 2.63. The lowest BCUT2D eigenvalue weighted by molar-refractivity contribution is 0.0594. The molecule has 1 aliphatic rings. The topological polar surface area (TPSA) is 104 Å². The quantitative estimate of drug-likeness (QED) is 0.762. The number of carbonyl (C=O) groups is 1. The van der Waals surface area contributed by atoms with E-state index in [4.69, 9.17) is 0 Å². The summed E-state index contributed by atoms with van der Waals surface area (Å²) in [5, 5.41) is 0.344. The first-order chi connectivity index (χ1) is 11.8. The molecular weight excluding hydrogens is 364 g/mol. The number of esters is 1. The maximum absolute atomic E-state index is 12.5. The molecule has 0 aromatic carbocycles. The molecule has 8 nitrogen and oxygen atoms in total. The minimum Gasteiger partial charge on any atom is -0.464 e.